The third-order valence-corrected chi connectivity index (χ3v) is 4.33. The number of nitrogens with one attached hydrogen (secondary N) is 1. The molecule has 1 saturated heterocycles. The molecule has 20 heavy (non-hydrogen) atoms. The molecule has 1 aromatic heterocycles. The van der Waals surface area contributed by atoms with Crippen molar-refractivity contribution in [3.05, 3.63) is 34.7 Å². The number of halogens is 1. The van der Waals surface area contributed by atoms with Gasteiger partial charge in [0.05, 0.1) is 11.0 Å². The average molecular weight is 294 g/mol. The van der Waals surface area contributed by atoms with E-state index < -0.39 is 0 Å². The van der Waals surface area contributed by atoms with Crippen molar-refractivity contribution in [2.75, 3.05) is 19.0 Å². The first-order chi connectivity index (χ1) is 9.83. The van der Waals surface area contributed by atoms with E-state index in [1.165, 1.54) is 0 Å². The van der Waals surface area contributed by atoms with Crippen LogP contribution in [0.2, 0.25) is 0 Å². The van der Waals surface area contributed by atoms with Gasteiger partial charge in [0.15, 0.2) is 0 Å². The average Bonchev–Trinajstić information content (AvgIpc) is 2.78. The Morgan fingerprint density at radius 3 is 2.60 bits per heavy atom. The Bertz CT molecular complexity index is 640. The third-order valence-electron chi connectivity index (χ3n) is 4.06. The predicted octanol–water partition coefficient (Wildman–Crippen LogP) is 2.36. The summed E-state index contributed by atoms with van der Waals surface area (Å²) in [6.45, 7) is 2.66. The highest BCUT2D eigenvalue weighted by molar-refractivity contribution is 6.17. The van der Waals surface area contributed by atoms with E-state index in [2.05, 4.69) is 11.4 Å². The zero-order valence-electron chi connectivity index (χ0n) is 11.5. The van der Waals surface area contributed by atoms with Crippen molar-refractivity contribution in [1.82, 2.24) is 14.5 Å². The molecule has 0 unspecified atom stereocenters. The van der Waals surface area contributed by atoms with Crippen LogP contribution in [0.15, 0.2) is 29.1 Å². The summed E-state index contributed by atoms with van der Waals surface area (Å²) < 4.78 is 3.87. The largest absolute Gasteiger partial charge is 0.329 e. The number of para-hydroxylation sites is 2. The second kappa shape index (κ2) is 6.02. The summed E-state index contributed by atoms with van der Waals surface area (Å²) in [5.74, 6) is 0.583. The second-order valence-corrected chi connectivity index (χ2v) is 5.69. The SMILES string of the molecule is O=c1n(CCCCl)c2ccccc2n1C1CCNCC1. The highest BCUT2D eigenvalue weighted by Crippen LogP contribution is 2.23. The van der Waals surface area contributed by atoms with Crippen LogP contribution in [0, 0.1) is 0 Å². The number of hydrogen-bond acceptors (Lipinski definition) is 2. The van der Waals surface area contributed by atoms with Crippen LogP contribution in [0.5, 0.6) is 0 Å². The molecule has 4 nitrogen and oxygen atoms in total. The Morgan fingerprint density at radius 2 is 1.90 bits per heavy atom. The summed E-state index contributed by atoms with van der Waals surface area (Å²) in [5, 5.41) is 3.35. The molecule has 1 aromatic carbocycles. The fourth-order valence-corrected chi connectivity index (χ4v) is 3.20. The van der Waals surface area contributed by atoms with Crippen LogP contribution in [0.25, 0.3) is 11.0 Å². The maximum Gasteiger partial charge on any atom is 0.329 e. The van der Waals surface area contributed by atoms with Crippen molar-refractivity contribution < 1.29 is 0 Å². The fourth-order valence-electron chi connectivity index (χ4n) is 3.08. The molecule has 5 heteroatoms. The molecular weight excluding hydrogens is 274 g/mol. The van der Waals surface area contributed by atoms with Crippen molar-refractivity contribution in [2.45, 2.75) is 31.8 Å². The highest BCUT2D eigenvalue weighted by Gasteiger charge is 2.21. The van der Waals surface area contributed by atoms with Gasteiger partial charge < -0.3 is 5.32 Å². The number of rotatable bonds is 4. The normalized spacial score (nSPS) is 16.9. The zero-order valence-corrected chi connectivity index (χ0v) is 12.3. The van der Waals surface area contributed by atoms with Crippen molar-refractivity contribution in [3.63, 3.8) is 0 Å². The first kappa shape index (κ1) is 13.7. The molecule has 108 valence electrons. The molecule has 1 aliphatic heterocycles. The van der Waals surface area contributed by atoms with Crippen molar-refractivity contribution in [2.24, 2.45) is 0 Å². The number of aryl methyl sites for hydroxylation is 1. The quantitative estimate of drug-likeness (QED) is 0.879. The topological polar surface area (TPSA) is 39.0 Å². The lowest BCUT2D eigenvalue weighted by Gasteiger charge is -2.23. The Balaban J connectivity index is 2.10. The van der Waals surface area contributed by atoms with E-state index in [0.29, 0.717) is 18.5 Å². The zero-order chi connectivity index (χ0) is 13.9. The van der Waals surface area contributed by atoms with Gasteiger partial charge in [-0.1, -0.05) is 12.1 Å². The van der Waals surface area contributed by atoms with Crippen molar-refractivity contribution in [3.8, 4) is 0 Å². The molecule has 1 N–H and O–H groups in total. The summed E-state index contributed by atoms with van der Waals surface area (Å²) in [6, 6.07) is 8.39. The summed E-state index contributed by atoms with van der Waals surface area (Å²) in [4.78, 5) is 12.8. The Morgan fingerprint density at radius 1 is 1.20 bits per heavy atom. The van der Waals surface area contributed by atoms with Crippen LogP contribution >= 0.6 is 11.6 Å². The van der Waals surface area contributed by atoms with Gasteiger partial charge in [0.25, 0.3) is 0 Å². The maximum atomic E-state index is 12.8. The number of hydrogen-bond donors (Lipinski definition) is 1. The summed E-state index contributed by atoms with van der Waals surface area (Å²) >= 11 is 5.78. The molecule has 2 aromatic rings. The minimum Gasteiger partial charge on any atom is -0.317 e. The molecule has 1 fully saturated rings. The summed E-state index contributed by atoms with van der Waals surface area (Å²) in [6.07, 6.45) is 2.86. The van der Waals surface area contributed by atoms with Gasteiger partial charge in [0, 0.05) is 18.5 Å². The van der Waals surface area contributed by atoms with E-state index in [0.717, 1.165) is 43.4 Å². The Labute approximate surface area is 123 Å². The molecule has 0 atom stereocenters. The van der Waals surface area contributed by atoms with E-state index >= 15 is 0 Å². The molecule has 0 amide bonds. The molecule has 3 rings (SSSR count). The van der Waals surface area contributed by atoms with Crippen LogP contribution in [0.3, 0.4) is 0 Å². The highest BCUT2D eigenvalue weighted by atomic mass is 35.5. The van der Waals surface area contributed by atoms with Gasteiger partial charge in [-0.25, -0.2) is 4.79 Å². The minimum absolute atomic E-state index is 0.114. The molecule has 0 aliphatic carbocycles. The number of fused-ring (bicyclic) bond motifs is 1. The molecule has 2 heterocycles. The molecule has 0 radical (unpaired) electrons. The standard InChI is InChI=1S/C15H20ClN3O/c16-8-3-11-18-13-4-1-2-5-14(13)19(15(18)20)12-6-9-17-10-7-12/h1-2,4-5,12,17H,3,6-11H2. The van der Waals surface area contributed by atoms with E-state index in [4.69, 9.17) is 11.6 Å². The second-order valence-electron chi connectivity index (χ2n) is 5.32. The monoisotopic (exact) mass is 293 g/mol. The number of piperidine rings is 1. The van der Waals surface area contributed by atoms with Gasteiger partial charge in [-0.2, -0.15) is 0 Å². The van der Waals surface area contributed by atoms with Crippen LogP contribution in [0.4, 0.5) is 0 Å². The molecule has 0 bridgehead atoms. The van der Waals surface area contributed by atoms with Gasteiger partial charge in [0.1, 0.15) is 0 Å². The molecule has 1 aliphatic rings. The lowest BCUT2D eigenvalue weighted by Crippen LogP contribution is -2.35. The number of imidazole rings is 1. The van der Waals surface area contributed by atoms with Gasteiger partial charge in [-0.05, 0) is 44.5 Å². The maximum absolute atomic E-state index is 12.8. The first-order valence-corrected chi connectivity index (χ1v) is 7.83. The molecule has 0 spiro atoms. The van der Waals surface area contributed by atoms with Crippen molar-refractivity contribution >= 4 is 22.6 Å². The lowest BCUT2D eigenvalue weighted by molar-refractivity contribution is 0.364. The molecular formula is C15H20ClN3O. The number of alkyl halides is 1. The van der Waals surface area contributed by atoms with E-state index in [1.54, 1.807) is 0 Å². The Kier molecular flexibility index (Phi) is 4.13. The van der Waals surface area contributed by atoms with Gasteiger partial charge >= 0.3 is 5.69 Å². The van der Waals surface area contributed by atoms with E-state index in [9.17, 15) is 4.79 Å². The van der Waals surface area contributed by atoms with Crippen LogP contribution in [-0.4, -0.2) is 28.1 Å². The van der Waals surface area contributed by atoms with Gasteiger partial charge in [0.2, 0.25) is 0 Å². The number of nitrogens with zero attached hydrogens (tertiary/aromatic N) is 2. The summed E-state index contributed by atoms with van der Waals surface area (Å²) in [7, 11) is 0. The number of benzene rings is 1. The lowest BCUT2D eigenvalue weighted by atomic mass is 10.1. The first-order valence-electron chi connectivity index (χ1n) is 7.29. The van der Waals surface area contributed by atoms with E-state index in [-0.39, 0.29) is 5.69 Å². The smallest absolute Gasteiger partial charge is 0.317 e. The van der Waals surface area contributed by atoms with Crippen LogP contribution in [0.1, 0.15) is 25.3 Å². The minimum atomic E-state index is 0.114. The third kappa shape index (κ3) is 2.38. The van der Waals surface area contributed by atoms with E-state index in [1.807, 2.05) is 27.3 Å². The van der Waals surface area contributed by atoms with Crippen LogP contribution < -0.4 is 11.0 Å². The fraction of sp³-hybridized carbons (Fsp3) is 0.533. The molecule has 0 saturated carbocycles. The predicted molar refractivity (Wildman–Crippen MR) is 82.7 cm³/mol. The number of aromatic nitrogens is 2. The van der Waals surface area contributed by atoms with Crippen LogP contribution in [-0.2, 0) is 6.54 Å². The van der Waals surface area contributed by atoms with Crippen molar-refractivity contribution in [1.29, 1.82) is 0 Å². The van der Waals surface area contributed by atoms with Gasteiger partial charge in [-0.15, -0.1) is 11.6 Å². The van der Waals surface area contributed by atoms with Gasteiger partial charge in [-0.3, -0.25) is 9.13 Å². The summed E-state index contributed by atoms with van der Waals surface area (Å²) in [5.41, 5.74) is 2.20. The Hall–Kier alpha value is -1.26.